The predicted molar refractivity (Wildman–Crippen MR) is 60.0 cm³/mol. The van der Waals surface area contributed by atoms with Gasteiger partial charge in [0.25, 0.3) is 0 Å². The maximum atomic E-state index is 11.3. The van der Waals surface area contributed by atoms with E-state index in [-0.39, 0.29) is 17.9 Å². The highest BCUT2D eigenvalue weighted by atomic mass is 32.2. The van der Waals surface area contributed by atoms with Crippen molar-refractivity contribution in [3.05, 3.63) is 0 Å². The number of sulfonamides is 1. The molecule has 1 fully saturated rings. The molecule has 1 aliphatic heterocycles. The fraction of sp³-hybridized carbons (Fsp3) is 1.00. The van der Waals surface area contributed by atoms with Crippen molar-refractivity contribution in [3.8, 4) is 0 Å². The number of hydrogen-bond donors (Lipinski definition) is 1. The lowest BCUT2D eigenvalue weighted by Gasteiger charge is -2.41. The van der Waals surface area contributed by atoms with Crippen molar-refractivity contribution >= 4 is 10.0 Å². The summed E-state index contributed by atoms with van der Waals surface area (Å²) in [5.41, 5.74) is 0.0308. The molecule has 0 saturated carbocycles. The molecule has 4 nitrogen and oxygen atoms in total. The van der Waals surface area contributed by atoms with Gasteiger partial charge in [-0.1, -0.05) is 20.8 Å². The molecule has 2 unspecified atom stereocenters. The number of rotatable bonds is 1. The van der Waals surface area contributed by atoms with Crippen LogP contribution in [0.5, 0.6) is 0 Å². The lowest BCUT2D eigenvalue weighted by Crippen LogP contribution is -2.49. The Morgan fingerprint density at radius 2 is 1.87 bits per heavy atom. The predicted octanol–water partition coefficient (Wildman–Crippen LogP) is 0.675. The quantitative estimate of drug-likeness (QED) is 0.727. The Balaban J connectivity index is 2.72. The number of nitrogens with zero attached hydrogens (tertiary/aromatic N) is 1. The van der Waals surface area contributed by atoms with Gasteiger partial charge in [0, 0.05) is 13.1 Å². The summed E-state index contributed by atoms with van der Waals surface area (Å²) >= 11 is 0. The van der Waals surface area contributed by atoms with Gasteiger partial charge >= 0.3 is 0 Å². The van der Waals surface area contributed by atoms with Crippen LogP contribution in [0.25, 0.3) is 0 Å². The molecule has 5 heteroatoms. The lowest BCUT2D eigenvalue weighted by molar-refractivity contribution is -0.00193. The summed E-state index contributed by atoms with van der Waals surface area (Å²) in [6, 6.07) is 0. The Bertz CT molecular complexity index is 318. The Labute approximate surface area is 92.3 Å². The minimum Gasteiger partial charge on any atom is -0.391 e. The molecular weight excluding hydrogens is 214 g/mol. The third-order valence-electron chi connectivity index (χ3n) is 3.13. The molecule has 0 aromatic heterocycles. The molecule has 0 amide bonds. The molecular formula is C10H21NO3S. The summed E-state index contributed by atoms with van der Waals surface area (Å²) in [7, 11) is -3.15. The smallest absolute Gasteiger partial charge is 0.211 e. The molecule has 0 spiro atoms. The molecule has 2 atom stereocenters. The van der Waals surface area contributed by atoms with Gasteiger partial charge in [-0.15, -0.1) is 0 Å². The van der Waals surface area contributed by atoms with Gasteiger partial charge < -0.3 is 5.11 Å². The van der Waals surface area contributed by atoms with E-state index in [0.717, 1.165) is 6.42 Å². The Kier molecular flexibility index (Phi) is 3.48. The largest absolute Gasteiger partial charge is 0.391 e. The van der Waals surface area contributed by atoms with E-state index in [0.29, 0.717) is 6.54 Å². The van der Waals surface area contributed by atoms with Crippen LogP contribution in [0.1, 0.15) is 27.2 Å². The standard InChI is InChI=1S/C10H21NO3S/c1-10(2,3)8-5-6-11(7-9(8)12)15(4,13)14/h8-9,12H,5-7H2,1-4H3. The second kappa shape index (κ2) is 4.03. The van der Waals surface area contributed by atoms with Gasteiger partial charge in [-0.2, -0.15) is 4.31 Å². The highest BCUT2D eigenvalue weighted by Gasteiger charge is 2.37. The first-order chi connectivity index (χ1) is 6.62. The molecule has 0 aromatic carbocycles. The van der Waals surface area contributed by atoms with Crippen molar-refractivity contribution in [1.82, 2.24) is 4.31 Å². The average molecular weight is 235 g/mol. The van der Waals surface area contributed by atoms with Crippen molar-refractivity contribution in [2.24, 2.45) is 11.3 Å². The third kappa shape index (κ3) is 3.16. The van der Waals surface area contributed by atoms with Gasteiger partial charge in [0.05, 0.1) is 12.4 Å². The van der Waals surface area contributed by atoms with Crippen LogP contribution in [-0.2, 0) is 10.0 Å². The van der Waals surface area contributed by atoms with E-state index in [9.17, 15) is 13.5 Å². The van der Waals surface area contributed by atoms with Crippen LogP contribution in [0.4, 0.5) is 0 Å². The van der Waals surface area contributed by atoms with Crippen molar-refractivity contribution in [2.45, 2.75) is 33.3 Å². The highest BCUT2D eigenvalue weighted by molar-refractivity contribution is 7.88. The van der Waals surface area contributed by atoms with Gasteiger partial charge in [0.15, 0.2) is 0 Å². The van der Waals surface area contributed by atoms with Crippen LogP contribution in [-0.4, -0.2) is 43.3 Å². The van der Waals surface area contributed by atoms with Crippen molar-refractivity contribution in [3.63, 3.8) is 0 Å². The first kappa shape index (κ1) is 12.9. The van der Waals surface area contributed by atoms with Crippen LogP contribution in [0, 0.1) is 11.3 Å². The molecule has 1 N–H and O–H groups in total. The second-order valence-electron chi connectivity index (χ2n) is 5.45. The zero-order valence-corrected chi connectivity index (χ0v) is 10.7. The first-order valence-electron chi connectivity index (χ1n) is 5.25. The van der Waals surface area contributed by atoms with E-state index < -0.39 is 16.1 Å². The maximum Gasteiger partial charge on any atom is 0.211 e. The summed E-state index contributed by atoms with van der Waals surface area (Å²) in [5.74, 6) is 0.176. The van der Waals surface area contributed by atoms with Gasteiger partial charge in [-0.3, -0.25) is 0 Å². The molecule has 0 bridgehead atoms. The van der Waals surface area contributed by atoms with Gasteiger partial charge in [0.1, 0.15) is 0 Å². The molecule has 0 radical (unpaired) electrons. The third-order valence-corrected chi connectivity index (χ3v) is 4.40. The molecule has 15 heavy (non-hydrogen) atoms. The first-order valence-corrected chi connectivity index (χ1v) is 7.10. The van der Waals surface area contributed by atoms with E-state index >= 15 is 0 Å². The Hall–Kier alpha value is -0.130. The van der Waals surface area contributed by atoms with Gasteiger partial charge in [-0.25, -0.2) is 8.42 Å². The minimum atomic E-state index is -3.15. The van der Waals surface area contributed by atoms with E-state index in [4.69, 9.17) is 0 Å². The second-order valence-corrected chi connectivity index (χ2v) is 7.43. The molecule has 1 rings (SSSR count). The highest BCUT2D eigenvalue weighted by Crippen LogP contribution is 2.34. The number of β-amino-alcohol motifs (C(OH)–C–C–N with tert-alkyl or cyclic N) is 1. The van der Waals surface area contributed by atoms with Crippen molar-refractivity contribution < 1.29 is 13.5 Å². The molecule has 90 valence electrons. The number of hydrogen-bond acceptors (Lipinski definition) is 3. The van der Waals surface area contributed by atoms with E-state index in [1.165, 1.54) is 10.6 Å². The molecule has 0 aromatic rings. The number of aliphatic hydroxyl groups is 1. The maximum absolute atomic E-state index is 11.3. The van der Waals surface area contributed by atoms with Crippen LogP contribution < -0.4 is 0 Å². The number of aliphatic hydroxyl groups excluding tert-OH is 1. The van der Waals surface area contributed by atoms with E-state index in [2.05, 4.69) is 20.8 Å². The number of piperidine rings is 1. The zero-order chi connectivity index (χ0) is 11.9. The summed E-state index contributed by atoms with van der Waals surface area (Å²) in [5, 5.41) is 9.93. The monoisotopic (exact) mass is 235 g/mol. The Morgan fingerprint density at radius 1 is 1.33 bits per heavy atom. The fourth-order valence-electron chi connectivity index (χ4n) is 2.21. The van der Waals surface area contributed by atoms with Gasteiger partial charge in [0.2, 0.25) is 10.0 Å². The normalized spacial score (nSPS) is 30.5. The van der Waals surface area contributed by atoms with Crippen LogP contribution in [0.3, 0.4) is 0 Å². The molecule has 1 saturated heterocycles. The minimum absolute atomic E-state index is 0.0308. The summed E-state index contributed by atoms with van der Waals surface area (Å²) in [6.45, 7) is 7.00. The van der Waals surface area contributed by atoms with Gasteiger partial charge in [-0.05, 0) is 17.8 Å². The van der Waals surface area contributed by atoms with Crippen molar-refractivity contribution in [2.75, 3.05) is 19.3 Å². The molecule has 0 aliphatic carbocycles. The summed E-state index contributed by atoms with van der Waals surface area (Å²) in [4.78, 5) is 0. The van der Waals surface area contributed by atoms with Crippen LogP contribution in [0.2, 0.25) is 0 Å². The average Bonchev–Trinajstić information content (AvgIpc) is 1.99. The zero-order valence-electron chi connectivity index (χ0n) is 9.90. The molecule has 1 heterocycles. The Morgan fingerprint density at radius 3 is 2.20 bits per heavy atom. The van der Waals surface area contributed by atoms with Crippen molar-refractivity contribution in [1.29, 1.82) is 0 Å². The lowest BCUT2D eigenvalue weighted by atomic mass is 9.74. The van der Waals surface area contributed by atoms with Crippen LogP contribution in [0.15, 0.2) is 0 Å². The fourth-order valence-corrected chi connectivity index (χ4v) is 3.07. The topological polar surface area (TPSA) is 57.6 Å². The van der Waals surface area contributed by atoms with Crippen LogP contribution >= 0.6 is 0 Å². The van der Waals surface area contributed by atoms with E-state index in [1.807, 2.05) is 0 Å². The SMILES string of the molecule is CC(C)(C)C1CCN(S(C)(=O)=O)CC1O. The molecule has 1 aliphatic rings. The van der Waals surface area contributed by atoms with E-state index in [1.54, 1.807) is 0 Å². The summed E-state index contributed by atoms with van der Waals surface area (Å²) in [6.07, 6.45) is 1.38. The summed E-state index contributed by atoms with van der Waals surface area (Å²) < 4.78 is 24.0.